The van der Waals surface area contributed by atoms with E-state index in [9.17, 15) is 14.7 Å². The second kappa shape index (κ2) is 9.88. The summed E-state index contributed by atoms with van der Waals surface area (Å²) in [5, 5.41) is 9.84. The normalized spacial score (nSPS) is 23.2. The van der Waals surface area contributed by atoms with E-state index in [1.807, 2.05) is 13.0 Å². The van der Waals surface area contributed by atoms with Gasteiger partial charge in [-0.3, -0.25) is 9.69 Å². The molecule has 1 fully saturated rings. The standard InChI is InChI=1S/C31H37N3O5/c1-17-14-22(15-20-12-13-39-28(17)20)19(3)29-32-27-24-9-8-18(2)33(31(37)38-4)25(24)10-11-26(27)34(29)23-7-5-6-21(16-23)30(35)36/h10-11,14-15,18-19,21,23H,5-9,12-13,16H2,1-4H3,(H,35,36)/t18-,19+,21+,23+/m0/s1. The largest absolute Gasteiger partial charge is 0.493 e. The minimum absolute atomic E-state index is 0.00192. The number of aliphatic carboxylic acids is 1. The molecule has 3 aromatic rings. The number of rotatable bonds is 4. The number of ether oxygens (including phenoxy) is 2. The molecule has 0 saturated heterocycles. The minimum Gasteiger partial charge on any atom is -0.493 e. The van der Waals surface area contributed by atoms with Gasteiger partial charge in [0, 0.05) is 30.0 Å². The first-order valence-electron chi connectivity index (χ1n) is 14.2. The Bertz CT molecular complexity index is 1460. The molecule has 39 heavy (non-hydrogen) atoms. The fourth-order valence-electron chi connectivity index (χ4n) is 7.04. The molecule has 4 atom stereocenters. The highest BCUT2D eigenvalue weighted by molar-refractivity contribution is 5.95. The van der Waals surface area contributed by atoms with Crippen molar-refractivity contribution in [2.75, 3.05) is 18.6 Å². The van der Waals surface area contributed by atoms with Crippen LogP contribution in [-0.2, 0) is 22.4 Å². The van der Waals surface area contributed by atoms with Gasteiger partial charge in [-0.1, -0.05) is 25.5 Å². The van der Waals surface area contributed by atoms with Crippen LogP contribution in [0.2, 0.25) is 0 Å². The van der Waals surface area contributed by atoms with Gasteiger partial charge in [0.25, 0.3) is 0 Å². The van der Waals surface area contributed by atoms with Gasteiger partial charge in [0.1, 0.15) is 11.6 Å². The molecule has 1 aliphatic carbocycles. The first-order chi connectivity index (χ1) is 18.8. The van der Waals surface area contributed by atoms with E-state index >= 15 is 0 Å². The summed E-state index contributed by atoms with van der Waals surface area (Å²) < 4.78 is 13.3. The number of carboxylic acid groups (broad SMARTS) is 1. The van der Waals surface area contributed by atoms with Gasteiger partial charge in [-0.15, -0.1) is 0 Å². The molecule has 2 aliphatic heterocycles. The number of anilines is 1. The van der Waals surface area contributed by atoms with Crippen molar-refractivity contribution in [3.05, 3.63) is 52.3 Å². The molecule has 0 radical (unpaired) electrons. The molecule has 2 aromatic carbocycles. The fraction of sp³-hybridized carbons (Fsp3) is 0.516. The second-order valence-electron chi connectivity index (χ2n) is 11.5. The van der Waals surface area contributed by atoms with Gasteiger partial charge in [0.2, 0.25) is 0 Å². The average molecular weight is 532 g/mol. The highest BCUT2D eigenvalue weighted by atomic mass is 16.5. The summed E-state index contributed by atoms with van der Waals surface area (Å²) in [4.78, 5) is 31.8. The molecule has 206 valence electrons. The van der Waals surface area contributed by atoms with Crippen molar-refractivity contribution in [1.82, 2.24) is 9.55 Å². The van der Waals surface area contributed by atoms with Crippen LogP contribution in [0.5, 0.6) is 5.75 Å². The van der Waals surface area contributed by atoms with Crippen molar-refractivity contribution in [3.63, 3.8) is 0 Å². The minimum atomic E-state index is -0.715. The Balaban J connectivity index is 1.53. The number of methoxy groups -OCH3 is 1. The molecular weight excluding hydrogens is 494 g/mol. The third kappa shape index (κ3) is 4.24. The van der Waals surface area contributed by atoms with Crippen molar-refractivity contribution in [3.8, 4) is 5.75 Å². The topological polar surface area (TPSA) is 93.9 Å². The van der Waals surface area contributed by atoms with Gasteiger partial charge in [0.15, 0.2) is 0 Å². The number of aromatic nitrogens is 2. The summed E-state index contributed by atoms with van der Waals surface area (Å²) in [5.74, 6) is 0.894. The van der Waals surface area contributed by atoms with E-state index in [-0.39, 0.29) is 30.0 Å². The van der Waals surface area contributed by atoms with Gasteiger partial charge in [-0.05, 0) is 74.8 Å². The van der Waals surface area contributed by atoms with Crippen molar-refractivity contribution in [1.29, 1.82) is 0 Å². The summed E-state index contributed by atoms with van der Waals surface area (Å²) in [6.45, 7) is 7.05. The molecule has 1 saturated carbocycles. The van der Waals surface area contributed by atoms with Crippen LogP contribution in [0.3, 0.4) is 0 Å². The highest BCUT2D eigenvalue weighted by Crippen LogP contribution is 2.43. The Kier molecular flexibility index (Phi) is 6.52. The molecule has 1 N–H and O–H groups in total. The van der Waals surface area contributed by atoms with E-state index in [0.717, 1.165) is 77.9 Å². The molecule has 6 rings (SSSR count). The number of amides is 1. The summed E-state index contributed by atoms with van der Waals surface area (Å²) >= 11 is 0. The maximum Gasteiger partial charge on any atom is 0.414 e. The number of carboxylic acids is 1. The van der Waals surface area contributed by atoms with Crippen molar-refractivity contribution in [2.24, 2.45) is 5.92 Å². The molecule has 0 bridgehead atoms. The molecule has 8 heteroatoms. The molecule has 0 unspecified atom stereocenters. The maximum absolute atomic E-state index is 12.7. The number of benzene rings is 2. The molecule has 0 spiro atoms. The number of hydrogen-bond donors (Lipinski definition) is 1. The van der Waals surface area contributed by atoms with Crippen molar-refractivity contribution < 1.29 is 24.2 Å². The van der Waals surface area contributed by atoms with Gasteiger partial charge >= 0.3 is 12.1 Å². The zero-order valence-corrected chi connectivity index (χ0v) is 23.2. The maximum atomic E-state index is 12.7. The van der Waals surface area contributed by atoms with Crippen LogP contribution < -0.4 is 9.64 Å². The Hall–Kier alpha value is -3.55. The average Bonchev–Trinajstić information content (AvgIpc) is 3.57. The third-order valence-corrected chi connectivity index (χ3v) is 9.09. The first kappa shape index (κ1) is 25.7. The smallest absolute Gasteiger partial charge is 0.414 e. The lowest BCUT2D eigenvalue weighted by Gasteiger charge is -2.34. The molecule has 1 amide bonds. The van der Waals surface area contributed by atoms with Crippen LogP contribution in [0.25, 0.3) is 11.0 Å². The first-order valence-corrected chi connectivity index (χ1v) is 14.2. The van der Waals surface area contributed by atoms with Crippen LogP contribution in [0.15, 0.2) is 24.3 Å². The van der Waals surface area contributed by atoms with Crippen LogP contribution in [0.4, 0.5) is 10.5 Å². The van der Waals surface area contributed by atoms with E-state index in [4.69, 9.17) is 14.5 Å². The van der Waals surface area contributed by atoms with E-state index in [2.05, 4.69) is 36.6 Å². The number of aryl methyl sites for hydroxylation is 2. The number of fused-ring (bicyclic) bond motifs is 4. The Morgan fingerprint density at radius 3 is 2.77 bits per heavy atom. The van der Waals surface area contributed by atoms with Crippen LogP contribution in [-0.4, -0.2) is 46.5 Å². The van der Waals surface area contributed by atoms with Crippen molar-refractivity contribution in [2.45, 2.75) is 83.7 Å². The van der Waals surface area contributed by atoms with E-state index in [1.165, 1.54) is 18.2 Å². The summed E-state index contributed by atoms with van der Waals surface area (Å²) in [5.41, 5.74) is 7.42. The molecule has 3 heterocycles. The van der Waals surface area contributed by atoms with Crippen LogP contribution in [0, 0.1) is 12.8 Å². The summed E-state index contributed by atoms with van der Waals surface area (Å²) in [6, 6.07) is 8.63. The Labute approximate surface area is 228 Å². The predicted molar refractivity (Wildman–Crippen MR) is 149 cm³/mol. The molecule has 3 aliphatic rings. The molecular formula is C31H37N3O5. The lowest BCUT2D eigenvalue weighted by molar-refractivity contribution is -0.143. The Morgan fingerprint density at radius 1 is 1.18 bits per heavy atom. The van der Waals surface area contributed by atoms with Crippen molar-refractivity contribution >= 4 is 28.8 Å². The number of hydrogen-bond acceptors (Lipinski definition) is 5. The number of carbonyl (C=O) groups excluding carboxylic acids is 1. The molecule has 8 nitrogen and oxygen atoms in total. The highest BCUT2D eigenvalue weighted by Gasteiger charge is 2.35. The predicted octanol–water partition coefficient (Wildman–Crippen LogP) is 6.15. The van der Waals surface area contributed by atoms with Gasteiger partial charge in [-0.2, -0.15) is 0 Å². The monoisotopic (exact) mass is 531 g/mol. The lowest BCUT2D eigenvalue weighted by Crippen LogP contribution is -2.42. The quantitative estimate of drug-likeness (QED) is 0.434. The van der Waals surface area contributed by atoms with Gasteiger partial charge < -0.3 is 19.1 Å². The third-order valence-electron chi connectivity index (χ3n) is 9.09. The van der Waals surface area contributed by atoms with Gasteiger partial charge in [-0.25, -0.2) is 9.78 Å². The van der Waals surface area contributed by atoms with E-state index < -0.39 is 5.97 Å². The van der Waals surface area contributed by atoms with E-state index in [0.29, 0.717) is 13.0 Å². The lowest BCUT2D eigenvalue weighted by atomic mass is 9.85. The van der Waals surface area contributed by atoms with Crippen LogP contribution >= 0.6 is 0 Å². The number of carbonyl (C=O) groups is 2. The summed E-state index contributed by atoms with van der Waals surface area (Å²) in [7, 11) is 1.42. The fourth-order valence-corrected chi connectivity index (χ4v) is 7.04. The molecule has 1 aromatic heterocycles. The van der Waals surface area contributed by atoms with Gasteiger partial charge in [0.05, 0.1) is 36.4 Å². The SMILES string of the molecule is COC(=O)N1c2ccc3c(nc([C@H](C)c4cc(C)c5c(c4)CCO5)n3[C@@H]3CCC[C@@H](C(=O)O)C3)c2CC[C@@H]1C. The zero-order chi connectivity index (χ0) is 27.4. The second-order valence-corrected chi connectivity index (χ2v) is 11.5. The zero-order valence-electron chi connectivity index (χ0n) is 23.2. The number of imidazole rings is 1. The number of nitrogens with zero attached hydrogens (tertiary/aromatic N) is 3. The summed E-state index contributed by atoms with van der Waals surface area (Å²) in [6.07, 6.45) is 5.32. The van der Waals surface area contributed by atoms with E-state index in [1.54, 1.807) is 4.90 Å². The van der Waals surface area contributed by atoms with Crippen LogP contribution in [0.1, 0.15) is 86.0 Å². The Morgan fingerprint density at radius 2 is 2.00 bits per heavy atom.